The zero-order valence-electron chi connectivity index (χ0n) is 18.3. The van der Waals surface area contributed by atoms with Crippen LogP contribution in [-0.4, -0.2) is 76.1 Å². The van der Waals surface area contributed by atoms with Crippen molar-refractivity contribution >= 4 is 29.9 Å². The molecule has 3 unspecified atom stereocenters. The van der Waals surface area contributed by atoms with Gasteiger partial charge in [-0.05, 0) is 57.4 Å². The van der Waals surface area contributed by atoms with Gasteiger partial charge >= 0.3 is 0 Å². The van der Waals surface area contributed by atoms with Crippen molar-refractivity contribution in [1.29, 1.82) is 0 Å². The monoisotopic (exact) mass is 510 g/mol. The van der Waals surface area contributed by atoms with Crippen molar-refractivity contribution in [3.05, 3.63) is 0 Å². The van der Waals surface area contributed by atoms with Gasteiger partial charge in [0.2, 0.25) is 0 Å². The summed E-state index contributed by atoms with van der Waals surface area (Å²) < 4.78 is 11.3. The maximum Gasteiger partial charge on any atom is 0.191 e. The fraction of sp³-hybridized carbons (Fsp3) is 0.952. The van der Waals surface area contributed by atoms with E-state index in [2.05, 4.69) is 41.3 Å². The molecule has 2 fully saturated rings. The molecule has 0 amide bonds. The molecule has 2 aliphatic heterocycles. The van der Waals surface area contributed by atoms with Gasteiger partial charge in [0, 0.05) is 45.9 Å². The molecule has 6 nitrogen and oxygen atoms in total. The minimum atomic E-state index is 0. The van der Waals surface area contributed by atoms with E-state index in [0.717, 1.165) is 76.5 Å². The van der Waals surface area contributed by atoms with E-state index in [-0.39, 0.29) is 24.0 Å². The van der Waals surface area contributed by atoms with E-state index in [9.17, 15) is 0 Å². The molecule has 2 N–H and O–H groups in total. The van der Waals surface area contributed by atoms with E-state index in [1.54, 1.807) is 0 Å². The summed E-state index contributed by atoms with van der Waals surface area (Å²) in [7, 11) is 0. The minimum Gasteiger partial charge on any atom is -0.379 e. The van der Waals surface area contributed by atoms with Gasteiger partial charge in [-0.25, -0.2) is 0 Å². The minimum absolute atomic E-state index is 0. The van der Waals surface area contributed by atoms with E-state index >= 15 is 0 Å². The Labute approximate surface area is 189 Å². The second-order valence-corrected chi connectivity index (χ2v) is 8.31. The summed E-state index contributed by atoms with van der Waals surface area (Å²) in [6, 6.07) is 0. The van der Waals surface area contributed by atoms with Crippen LogP contribution >= 0.6 is 24.0 Å². The van der Waals surface area contributed by atoms with Crippen molar-refractivity contribution in [2.24, 2.45) is 16.8 Å². The number of halogens is 1. The maximum atomic E-state index is 5.70. The van der Waals surface area contributed by atoms with Crippen molar-refractivity contribution in [1.82, 2.24) is 15.5 Å². The van der Waals surface area contributed by atoms with Crippen molar-refractivity contribution in [3.8, 4) is 0 Å². The molecule has 166 valence electrons. The van der Waals surface area contributed by atoms with Crippen molar-refractivity contribution in [2.45, 2.75) is 59.0 Å². The summed E-state index contributed by atoms with van der Waals surface area (Å²) in [6.07, 6.45) is 6.12. The highest BCUT2D eigenvalue weighted by Crippen LogP contribution is 2.20. The smallest absolute Gasteiger partial charge is 0.191 e. The van der Waals surface area contributed by atoms with E-state index in [0.29, 0.717) is 6.10 Å². The number of hydrogen-bond acceptors (Lipinski definition) is 4. The van der Waals surface area contributed by atoms with E-state index in [1.807, 2.05) is 0 Å². The van der Waals surface area contributed by atoms with Crippen molar-refractivity contribution in [2.75, 3.05) is 59.1 Å². The molecule has 2 rings (SSSR count). The number of hydrogen-bond donors (Lipinski definition) is 2. The summed E-state index contributed by atoms with van der Waals surface area (Å²) in [5.74, 6) is 2.60. The number of rotatable bonds is 11. The molecule has 0 aromatic rings. The first-order valence-corrected chi connectivity index (χ1v) is 11.1. The Balaban J connectivity index is 0.00000392. The molecule has 0 aromatic carbocycles. The maximum absolute atomic E-state index is 5.70. The summed E-state index contributed by atoms with van der Waals surface area (Å²) in [6.45, 7) is 15.6. The molecule has 3 atom stereocenters. The number of guanidine groups is 1. The highest BCUT2D eigenvalue weighted by molar-refractivity contribution is 14.0. The number of aliphatic imine (C=N–C) groups is 1. The van der Waals surface area contributed by atoms with Crippen LogP contribution in [0.25, 0.3) is 0 Å². The van der Waals surface area contributed by atoms with Crippen LogP contribution in [0.4, 0.5) is 0 Å². The van der Waals surface area contributed by atoms with Gasteiger partial charge in [0.15, 0.2) is 5.96 Å². The third-order valence-electron chi connectivity index (χ3n) is 5.28. The second kappa shape index (κ2) is 15.7. The molecular formula is C21H43IN4O2. The van der Waals surface area contributed by atoms with Crippen LogP contribution in [0.1, 0.15) is 52.9 Å². The first kappa shape index (κ1) is 25.9. The van der Waals surface area contributed by atoms with Gasteiger partial charge in [0.25, 0.3) is 0 Å². The molecule has 2 aliphatic rings. The zero-order chi connectivity index (χ0) is 19.3. The SMILES string of the molecule is CCNC(=NCCCOCC1CCCO1)NCCCN1CC(C)CC(C)C1.I. The summed E-state index contributed by atoms with van der Waals surface area (Å²) in [5.41, 5.74) is 0. The molecule has 2 heterocycles. The molecule has 0 bridgehead atoms. The lowest BCUT2D eigenvalue weighted by atomic mass is 9.92. The average molecular weight is 511 g/mol. The number of nitrogens with zero attached hydrogens (tertiary/aromatic N) is 2. The predicted molar refractivity (Wildman–Crippen MR) is 128 cm³/mol. The van der Waals surface area contributed by atoms with E-state index < -0.39 is 0 Å². The molecule has 0 aliphatic carbocycles. The van der Waals surface area contributed by atoms with Crippen LogP contribution in [0, 0.1) is 11.8 Å². The van der Waals surface area contributed by atoms with Crippen LogP contribution in [0.5, 0.6) is 0 Å². The Hall–Kier alpha value is -0.120. The van der Waals surface area contributed by atoms with Gasteiger partial charge in [-0.2, -0.15) is 0 Å². The molecular weight excluding hydrogens is 467 g/mol. The van der Waals surface area contributed by atoms with Crippen molar-refractivity contribution < 1.29 is 9.47 Å². The Morgan fingerprint density at radius 3 is 2.64 bits per heavy atom. The van der Waals surface area contributed by atoms with Crippen LogP contribution in [0.3, 0.4) is 0 Å². The molecule has 0 saturated carbocycles. The van der Waals surface area contributed by atoms with Gasteiger partial charge in [0.05, 0.1) is 12.7 Å². The quantitative estimate of drug-likeness (QED) is 0.194. The predicted octanol–water partition coefficient (Wildman–Crippen LogP) is 3.11. The van der Waals surface area contributed by atoms with Gasteiger partial charge in [-0.1, -0.05) is 13.8 Å². The first-order chi connectivity index (χ1) is 13.2. The Morgan fingerprint density at radius 2 is 1.96 bits per heavy atom. The lowest BCUT2D eigenvalue weighted by Crippen LogP contribution is -2.41. The van der Waals surface area contributed by atoms with Crippen LogP contribution in [0.2, 0.25) is 0 Å². The van der Waals surface area contributed by atoms with Gasteiger partial charge < -0.3 is 25.0 Å². The third-order valence-corrected chi connectivity index (χ3v) is 5.28. The number of nitrogens with one attached hydrogen (secondary N) is 2. The van der Waals surface area contributed by atoms with Gasteiger partial charge in [-0.15, -0.1) is 24.0 Å². The molecule has 7 heteroatoms. The molecule has 2 saturated heterocycles. The normalized spacial score (nSPS) is 26.1. The van der Waals surface area contributed by atoms with E-state index in [4.69, 9.17) is 9.47 Å². The molecule has 28 heavy (non-hydrogen) atoms. The standard InChI is InChI=1S/C21H42N4O2.HI/c1-4-22-21(24-10-7-12-26-17-20-8-5-13-27-20)23-9-6-11-25-15-18(2)14-19(3)16-25;/h18-20H,4-17H2,1-3H3,(H2,22,23,24);1H. The number of likely N-dealkylation sites (tertiary alicyclic amines) is 1. The average Bonchev–Trinajstić information content (AvgIpc) is 3.14. The first-order valence-electron chi connectivity index (χ1n) is 11.1. The molecule has 0 radical (unpaired) electrons. The lowest BCUT2D eigenvalue weighted by Gasteiger charge is -2.35. The number of piperidine rings is 1. The summed E-state index contributed by atoms with van der Waals surface area (Å²) in [4.78, 5) is 7.28. The third kappa shape index (κ3) is 11.2. The Morgan fingerprint density at radius 1 is 1.18 bits per heavy atom. The summed E-state index contributed by atoms with van der Waals surface area (Å²) >= 11 is 0. The molecule has 0 spiro atoms. The highest BCUT2D eigenvalue weighted by atomic mass is 127. The highest BCUT2D eigenvalue weighted by Gasteiger charge is 2.21. The number of ether oxygens (including phenoxy) is 2. The van der Waals surface area contributed by atoms with Crippen LogP contribution in [0.15, 0.2) is 4.99 Å². The van der Waals surface area contributed by atoms with Crippen molar-refractivity contribution in [3.63, 3.8) is 0 Å². The molecule has 0 aromatic heterocycles. The zero-order valence-corrected chi connectivity index (χ0v) is 20.6. The summed E-state index contributed by atoms with van der Waals surface area (Å²) in [5, 5.41) is 6.81. The second-order valence-electron chi connectivity index (χ2n) is 8.31. The Bertz CT molecular complexity index is 409. The fourth-order valence-corrected chi connectivity index (χ4v) is 4.17. The van der Waals surface area contributed by atoms with Crippen LogP contribution < -0.4 is 10.6 Å². The topological polar surface area (TPSA) is 58.1 Å². The van der Waals surface area contributed by atoms with Gasteiger partial charge in [0.1, 0.15) is 0 Å². The Kier molecular flexibility index (Phi) is 14.5. The van der Waals surface area contributed by atoms with Crippen LogP contribution in [-0.2, 0) is 9.47 Å². The fourth-order valence-electron chi connectivity index (χ4n) is 4.17. The van der Waals surface area contributed by atoms with Gasteiger partial charge in [-0.3, -0.25) is 4.99 Å². The largest absolute Gasteiger partial charge is 0.379 e. The van der Waals surface area contributed by atoms with E-state index in [1.165, 1.54) is 32.5 Å². The lowest BCUT2D eigenvalue weighted by molar-refractivity contribution is 0.0171.